The van der Waals surface area contributed by atoms with Crippen molar-refractivity contribution in [2.24, 2.45) is 7.05 Å². The van der Waals surface area contributed by atoms with E-state index < -0.39 is 5.54 Å². The summed E-state index contributed by atoms with van der Waals surface area (Å²) in [6.45, 7) is 5.78. The summed E-state index contributed by atoms with van der Waals surface area (Å²) in [6.07, 6.45) is 0.548. The SMILES string of the molecule is CCC1(C)NC(=O)CN(Cc2c(Cl)c(C)nn2C)C1=O. The second kappa shape index (κ2) is 5.09. The van der Waals surface area contributed by atoms with Crippen molar-refractivity contribution < 1.29 is 9.59 Å². The van der Waals surface area contributed by atoms with Crippen LogP contribution in [0.1, 0.15) is 31.7 Å². The Hall–Kier alpha value is -1.56. The summed E-state index contributed by atoms with van der Waals surface area (Å²) >= 11 is 6.20. The number of hydrogen-bond donors (Lipinski definition) is 1. The number of piperazine rings is 1. The zero-order valence-corrected chi connectivity index (χ0v) is 12.9. The summed E-state index contributed by atoms with van der Waals surface area (Å²) in [4.78, 5) is 25.8. The lowest BCUT2D eigenvalue weighted by molar-refractivity contribution is -0.150. The quantitative estimate of drug-likeness (QED) is 0.905. The molecule has 1 aromatic heterocycles. The van der Waals surface area contributed by atoms with E-state index in [1.54, 1.807) is 18.7 Å². The Morgan fingerprint density at radius 2 is 2.10 bits per heavy atom. The van der Waals surface area contributed by atoms with Gasteiger partial charge in [-0.2, -0.15) is 5.10 Å². The van der Waals surface area contributed by atoms with E-state index in [0.717, 1.165) is 11.4 Å². The number of carbonyl (C=O) groups is 2. The number of aryl methyl sites for hydroxylation is 2. The fraction of sp³-hybridized carbons (Fsp3) is 0.615. The molecule has 1 fully saturated rings. The maximum absolute atomic E-state index is 12.5. The first-order valence-corrected chi connectivity index (χ1v) is 6.94. The fourth-order valence-corrected chi connectivity index (χ4v) is 2.61. The van der Waals surface area contributed by atoms with Crippen LogP contribution in [0.2, 0.25) is 5.02 Å². The van der Waals surface area contributed by atoms with Crippen LogP contribution in [0, 0.1) is 6.92 Å². The fourth-order valence-electron chi connectivity index (χ4n) is 2.39. The van der Waals surface area contributed by atoms with Gasteiger partial charge in [-0.05, 0) is 20.3 Å². The van der Waals surface area contributed by atoms with Crippen LogP contribution in [0.4, 0.5) is 0 Å². The lowest BCUT2D eigenvalue weighted by Crippen LogP contribution is -2.64. The van der Waals surface area contributed by atoms with Gasteiger partial charge in [0.05, 0.1) is 23.0 Å². The lowest BCUT2D eigenvalue weighted by atomic mass is 9.94. The van der Waals surface area contributed by atoms with E-state index in [-0.39, 0.29) is 24.9 Å². The Balaban J connectivity index is 2.28. The first-order chi connectivity index (χ1) is 9.28. The standard InChI is InChI=1S/C13H19ClN4O2/c1-5-13(3)12(20)18(7-10(19)15-13)6-9-11(14)8(2)16-17(9)4/h5-7H2,1-4H3,(H,15,19). The van der Waals surface area contributed by atoms with Gasteiger partial charge in [0.15, 0.2) is 0 Å². The molecule has 0 radical (unpaired) electrons. The molecule has 0 saturated carbocycles. The van der Waals surface area contributed by atoms with Crippen molar-refractivity contribution >= 4 is 23.4 Å². The summed E-state index contributed by atoms with van der Waals surface area (Å²) in [5.41, 5.74) is 0.622. The Kier molecular flexibility index (Phi) is 3.77. The van der Waals surface area contributed by atoms with E-state index in [1.807, 2.05) is 13.8 Å². The molecule has 0 aliphatic carbocycles. The van der Waals surface area contributed by atoms with Gasteiger partial charge in [0.1, 0.15) is 12.1 Å². The van der Waals surface area contributed by atoms with E-state index in [0.29, 0.717) is 11.4 Å². The molecule has 0 spiro atoms. The van der Waals surface area contributed by atoms with E-state index >= 15 is 0 Å². The molecular formula is C13H19ClN4O2. The Morgan fingerprint density at radius 3 is 2.60 bits per heavy atom. The topological polar surface area (TPSA) is 67.2 Å². The summed E-state index contributed by atoms with van der Waals surface area (Å²) in [7, 11) is 1.78. The number of halogens is 1. The molecular weight excluding hydrogens is 280 g/mol. The Labute approximate surface area is 123 Å². The number of carbonyl (C=O) groups excluding carboxylic acids is 2. The van der Waals surface area contributed by atoms with Crippen molar-refractivity contribution in [1.29, 1.82) is 0 Å². The minimum atomic E-state index is -0.838. The number of amides is 2. The van der Waals surface area contributed by atoms with Gasteiger partial charge in [-0.25, -0.2) is 0 Å². The van der Waals surface area contributed by atoms with E-state index in [9.17, 15) is 9.59 Å². The van der Waals surface area contributed by atoms with Crippen LogP contribution in [-0.4, -0.2) is 38.6 Å². The zero-order valence-electron chi connectivity index (χ0n) is 12.2. The van der Waals surface area contributed by atoms with Crippen molar-refractivity contribution in [3.8, 4) is 0 Å². The lowest BCUT2D eigenvalue weighted by Gasteiger charge is -2.39. The van der Waals surface area contributed by atoms with Gasteiger partial charge in [0, 0.05) is 7.05 Å². The molecule has 20 heavy (non-hydrogen) atoms. The zero-order chi connectivity index (χ0) is 15.1. The van der Waals surface area contributed by atoms with Gasteiger partial charge >= 0.3 is 0 Å². The molecule has 0 aromatic carbocycles. The molecule has 110 valence electrons. The summed E-state index contributed by atoms with van der Waals surface area (Å²) in [6, 6.07) is 0. The van der Waals surface area contributed by atoms with Crippen molar-refractivity contribution in [2.75, 3.05) is 6.54 Å². The molecule has 1 N–H and O–H groups in total. The molecule has 1 aliphatic rings. The molecule has 1 aliphatic heterocycles. The monoisotopic (exact) mass is 298 g/mol. The van der Waals surface area contributed by atoms with Gasteiger partial charge in [-0.15, -0.1) is 0 Å². The molecule has 0 bridgehead atoms. The summed E-state index contributed by atoms with van der Waals surface area (Å²) in [5.74, 6) is -0.238. The molecule has 1 atom stereocenters. The summed E-state index contributed by atoms with van der Waals surface area (Å²) < 4.78 is 1.65. The molecule has 2 heterocycles. The predicted octanol–water partition coefficient (Wildman–Crippen LogP) is 1.01. The van der Waals surface area contributed by atoms with Crippen molar-refractivity contribution in [3.63, 3.8) is 0 Å². The van der Waals surface area contributed by atoms with Crippen LogP contribution < -0.4 is 5.32 Å². The van der Waals surface area contributed by atoms with Crippen LogP contribution >= 0.6 is 11.6 Å². The highest BCUT2D eigenvalue weighted by molar-refractivity contribution is 6.31. The maximum atomic E-state index is 12.5. The average Bonchev–Trinajstić information content (AvgIpc) is 2.62. The van der Waals surface area contributed by atoms with E-state index in [2.05, 4.69) is 10.4 Å². The third kappa shape index (κ3) is 2.40. The minimum Gasteiger partial charge on any atom is -0.340 e. The van der Waals surface area contributed by atoms with Gasteiger partial charge in [0.2, 0.25) is 11.8 Å². The maximum Gasteiger partial charge on any atom is 0.248 e. The highest BCUT2D eigenvalue weighted by Gasteiger charge is 2.41. The largest absolute Gasteiger partial charge is 0.340 e. The molecule has 1 unspecified atom stereocenters. The van der Waals surface area contributed by atoms with Crippen molar-refractivity contribution in [2.45, 2.75) is 39.3 Å². The van der Waals surface area contributed by atoms with Crippen LogP contribution in [0.3, 0.4) is 0 Å². The van der Waals surface area contributed by atoms with Crippen LogP contribution in [0.25, 0.3) is 0 Å². The normalized spacial score (nSPS) is 23.1. The predicted molar refractivity (Wildman–Crippen MR) is 75.2 cm³/mol. The number of nitrogens with one attached hydrogen (secondary N) is 1. The van der Waals surface area contributed by atoms with Gasteiger partial charge < -0.3 is 10.2 Å². The second-order valence-corrected chi connectivity index (χ2v) is 5.74. The van der Waals surface area contributed by atoms with E-state index in [1.165, 1.54) is 4.90 Å². The molecule has 2 rings (SSSR count). The summed E-state index contributed by atoms with van der Waals surface area (Å²) in [5, 5.41) is 7.53. The second-order valence-electron chi connectivity index (χ2n) is 5.36. The number of aromatic nitrogens is 2. The number of hydrogen-bond acceptors (Lipinski definition) is 3. The van der Waals surface area contributed by atoms with E-state index in [4.69, 9.17) is 11.6 Å². The molecule has 6 nitrogen and oxygen atoms in total. The molecule has 1 saturated heterocycles. The van der Waals surface area contributed by atoms with Crippen LogP contribution in [0.5, 0.6) is 0 Å². The smallest absolute Gasteiger partial charge is 0.248 e. The number of rotatable bonds is 3. The van der Waals surface area contributed by atoms with Crippen LogP contribution in [-0.2, 0) is 23.2 Å². The first kappa shape index (κ1) is 14.8. The average molecular weight is 299 g/mol. The third-order valence-electron chi connectivity index (χ3n) is 3.82. The Morgan fingerprint density at radius 1 is 1.45 bits per heavy atom. The Bertz CT molecular complexity index is 569. The highest BCUT2D eigenvalue weighted by atomic mass is 35.5. The van der Waals surface area contributed by atoms with Gasteiger partial charge in [0.25, 0.3) is 0 Å². The third-order valence-corrected chi connectivity index (χ3v) is 4.31. The molecule has 2 amide bonds. The minimum absolute atomic E-state index is 0.0506. The van der Waals surface area contributed by atoms with Crippen LogP contribution in [0.15, 0.2) is 0 Å². The van der Waals surface area contributed by atoms with Crippen molar-refractivity contribution in [1.82, 2.24) is 20.0 Å². The van der Waals surface area contributed by atoms with Gasteiger partial charge in [-0.3, -0.25) is 14.3 Å². The van der Waals surface area contributed by atoms with Gasteiger partial charge in [-0.1, -0.05) is 18.5 Å². The first-order valence-electron chi connectivity index (χ1n) is 6.57. The molecule has 1 aromatic rings. The van der Waals surface area contributed by atoms with Crippen molar-refractivity contribution in [3.05, 3.63) is 16.4 Å². The molecule has 7 heteroatoms. The highest BCUT2D eigenvalue weighted by Crippen LogP contribution is 2.24. The number of nitrogens with zero attached hydrogens (tertiary/aromatic N) is 3.